The molecule has 0 aliphatic rings. The van der Waals surface area contributed by atoms with Gasteiger partial charge in [0.05, 0.1) is 11.4 Å². The third kappa shape index (κ3) is 5.39. The van der Waals surface area contributed by atoms with Gasteiger partial charge in [0.1, 0.15) is 5.82 Å². The maximum absolute atomic E-state index is 14.0. The molecule has 240 valence electrons. The highest BCUT2D eigenvalue weighted by atomic mass is 32.1. The van der Waals surface area contributed by atoms with Gasteiger partial charge >= 0.3 is 0 Å². The van der Waals surface area contributed by atoms with Crippen molar-refractivity contribution in [1.29, 1.82) is 0 Å². The Hall–Kier alpha value is -6.01. The SMILES string of the molecule is Fc1ccc(-c2cc(-c3cc(-c4ccc5sc6ccccc6c5c4)cc(-c4ccc5sc6ccccc6c5c4)c3)nc(-c3ccccc3)n2)cc1. The summed E-state index contributed by atoms with van der Waals surface area (Å²) >= 11 is 3.66. The van der Waals surface area contributed by atoms with Gasteiger partial charge in [-0.05, 0) is 107 Å². The van der Waals surface area contributed by atoms with Crippen LogP contribution in [0.2, 0.25) is 0 Å². The van der Waals surface area contributed by atoms with Crippen molar-refractivity contribution in [3.05, 3.63) is 170 Å². The fourth-order valence-corrected chi connectivity index (χ4v) is 9.17. The smallest absolute Gasteiger partial charge is 0.160 e. The normalized spacial score (nSPS) is 11.6. The zero-order chi connectivity index (χ0) is 33.9. The van der Waals surface area contributed by atoms with E-state index in [0.29, 0.717) is 5.82 Å². The van der Waals surface area contributed by atoms with Crippen LogP contribution < -0.4 is 0 Å². The van der Waals surface area contributed by atoms with E-state index in [2.05, 4.69) is 103 Å². The molecular formula is C46H27FN2S2. The highest BCUT2D eigenvalue weighted by molar-refractivity contribution is 7.26. The van der Waals surface area contributed by atoms with Gasteiger partial charge in [0.2, 0.25) is 0 Å². The molecule has 0 aliphatic heterocycles. The Labute approximate surface area is 301 Å². The van der Waals surface area contributed by atoms with Crippen LogP contribution in [-0.2, 0) is 0 Å². The van der Waals surface area contributed by atoms with E-state index >= 15 is 0 Å². The summed E-state index contributed by atoms with van der Waals surface area (Å²) in [6.07, 6.45) is 0. The lowest BCUT2D eigenvalue weighted by molar-refractivity contribution is 0.628. The lowest BCUT2D eigenvalue weighted by Gasteiger charge is -2.13. The third-order valence-corrected chi connectivity index (χ3v) is 11.9. The molecule has 0 saturated heterocycles. The Morgan fingerprint density at radius 2 is 0.804 bits per heavy atom. The van der Waals surface area contributed by atoms with E-state index in [1.807, 2.05) is 59.1 Å². The molecule has 7 aromatic carbocycles. The predicted octanol–water partition coefficient (Wildman–Crippen LogP) is 13.7. The molecule has 0 radical (unpaired) electrons. The van der Waals surface area contributed by atoms with Gasteiger partial charge in [0.25, 0.3) is 0 Å². The minimum absolute atomic E-state index is 0.278. The summed E-state index contributed by atoms with van der Waals surface area (Å²) in [6, 6.07) is 56.2. The minimum Gasteiger partial charge on any atom is -0.228 e. The third-order valence-electron chi connectivity index (χ3n) is 9.55. The molecule has 10 rings (SSSR count). The number of rotatable bonds is 5. The van der Waals surface area contributed by atoms with Crippen molar-refractivity contribution in [2.45, 2.75) is 0 Å². The second-order valence-electron chi connectivity index (χ2n) is 12.8. The average molecular weight is 691 g/mol. The van der Waals surface area contributed by atoms with Crippen LogP contribution in [0.25, 0.3) is 96.5 Å². The van der Waals surface area contributed by atoms with Crippen molar-refractivity contribution < 1.29 is 4.39 Å². The Bertz CT molecular complexity index is 2790. The summed E-state index contributed by atoms with van der Waals surface area (Å²) in [5.74, 6) is 0.344. The minimum atomic E-state index is -0.278. The zero-order valence-electron chi connectivity index (χ0n) is 27.2. The van der Waals surface area contributed by atoms with Gasteiger partial charge in [-0.25, -0.2) is 14.4 Å². The number of thiophene rings is 2. The molecule has 3 aromatic heterocycles. The maximum atomic E-state index is 14.0. The fraction of sp³-hybridized carbons (Fsp3) is 0. The summed E-state index contributed by atoms with van der Waals surface area (Å²) in [5.41, 5.74) is 8.78. The topological polar surface area (TPSA) is 25.8 Å². The molecule has 0 fully saturated rings. The molecular weight excluding hydrogens is 664 g/mol. The van der Waals surface area contributed by atoms with E-state index in [9.17, 15) is 4.39 Å². The predicted molar refractivity (Wildman–Crippen MR) is 215 cm³/mol. The van der Waals surface area contributed by atoms with Crippen LogP contribution in [0.3, 0.4) is 0 Å². The first-order valence-electron chi connectivity index (χ1n) is 16.8. The number of aromatic nitrogens is 2. The van der Waals surface area contributed by atoms with E-state index in [4.69, 9.17) is 9.97 Å². The molecule has 51 heavy (non-hydrogen) atoms. The summed E-state index contributed by atoms with van der Waals surface area (Å²) in [6.45, 7) is 0. The highest BCUT2D eigenvalue weighted by Crippen LogP contribution is 2.41. The molecule has 5 heteroatoms. The van der Waals surface area contributed by atoms with Crippen molar-refractivity contribution in [2.24, 2.45) is 0 Å². The fourth-order valence-electron chi connectivity index (χ4n) is 7.00. The quantitative estimate of drug-likeness (QED) is 0.180. The first-order valence-corrected chi connectivity index (χ1v) is 18.5. The number of benzene rings is 7. The average Bonchev–Trinajstić information content (AvgIpc) is 3.76. The summed E-state index contributed by atoms with van der Waals surface area (Å²) in [5, 5.41) is 5.08. The van der Waals surface area contributed by atoms with Gasteiger partial charge in [0.15, 0.2) is 5.82 Å². The van der Waals surface area contributed by atoms with Gasteiger partial charge in [-0.1, -0.05) is 78.9 Å². The Morgan fingerprint density at radius 1 is 0.333 bits per heavy atom. The lowest BCUT2D eigenvalue weighted by Crippen LogP contribution is -1.96. The van der Waals surface area contributed by atoms with Gasteiger partial charge < -0.3 is 0 Å². The van der Waals surface area contributed by atoms with Crippen molar-refractivity contribution in [1.82, 2.24) is 9.97 Å². The standard InChI is InChI=1S/C46H27FN2S2/c47-35-18-14-28(15-19-35)40-27-41(49-46(48-40)29-8-2-1-3-9-29)34-23-32(30-16-20-44-38(25-30)36-10-4-6-12-42(36)50-44)22-33(24-34)31-17-21-45-39(26-31)37-11-5-7-13-43(37)51-45/h1-27H. The van der Waals surface area contributed by atoms with E-state index in [0.717, 1.165) is 50.3 Å². The van der Waals surface area contributed by atoms with Crippen LogP contribution in [0.5, 0.6) is 0 Å². The monoisotopic (exact) mass is 690 g/mol. The number of hydrogen-bond donors (Lipinski definition) is 0. The van der Waals surface area contributed by atoms with E-state index in [-0.39, 0.29) is 5.82 Å². The molecule has 0 saturated carbocycles. The molecule has 0 spiro atoms. The van der Waals surface area contributed by atoms with Gasteiger partial charge in [-0.3, -0.25) is 0 Å². The number of halogens is 1. The first-order chi connectivity index (χ1) is 25.1. The molecule has 3 heterocycles. The summed E-state index contributed by atoms with van der Waals surface area (Å²) in [7, 11) is 0. The van der Waals surface area contributed by atoms with Crippen LogP contribution in [-0.4, -0.2) is 9.97 Å². The largest absolute Gasteiger partial charge is 0.228 e. The molecule has 0 N–H and O–H groups in total. The van der Waals surface area contributed by atoms with Crippen LogP contribution in [0.1, 0.15) is 0 Å². The van der Waals surface area contributed by atoms with Crippen LogP contribution >= 0.6 is 22.7 Å². The van der Waals surface area contributed by atoms with Crippen LogP contribution in [0, 0.1) is 5.82 Å². The maximum Gasteiger partial charge on any atom is 0.160 e. The lowest BCUT2D eigenvalue weighted by atomic mass is 9.93. The van der Waals surface area contributed by atoms with Crippen molar-refractivity contribution >= 4 is 63.0 Å². The summed E-state index contributed by atoms with van der Waals surface area (Å²) < 4.78 is 19.1. The summed E-state index contributed by atoms with van der Waals surface area (Å²) in [4.78, 5) is 10.1. The highest BCUT2D eigenvalue weighted by Gasteiger charge is 2.16. The van der Waals surface area contributed by atoms with Gasteiger partial charge in [-0.2, -0.15) is 0 Å². The molecule has 0 aliphatic carbocycles. The van der Waals surface area contributed by atoms with Crippen molar-refractivity contribution in [2.75, 3.05) is 0 Å². The van der Waals surface area contributed by atoms with Gasteiger partial charge in [-0.15, -0.1) is 22.7 Å². The second kappa shape index (κ2) is 12.1. The van der Waals surface area contributed by atoms with Crippen molar-refractivity contribution in [3.8, 4) is 56.2 Å². The molecule has 10 aromatic rings. The number of nitrogens with zero attached hydrogens (tertiary/aromatic N) is 2. The van der Waals surface area contributed by atoms with Crippen LogP contribution in [0.15, 0.2) is 164 Å². The molecule has 0 bridgehead atoms. The number of fused-ring (bicyclic) bond motifs is 6. The molecule has 2 nitrogen and oxygen atoms in total. The Kier molecular flexibility index (Phi) is 7.08. The number of hydrogen-bond acceptors (Lipinski definition) is 4. The van der Waals surface area contributed by atoms with E-state index in [1.165, 1.54) is 52.5 Å². The molecule has 0 unspecified atom stereocenters. The zero-order valence-corrected chi connectivity index (χ0v) is 28.8. The second-order valence-corrected chi connectivity index (χ2v) is 14.9. The Balaban J connectivity index is 1.21. The van der Waals surface area contributed by atoms with Crippen molar-refractivity contribution in [3.63, 3.8) is 0 Å². The van der Waals surface area contributed by atoms with E-state index < -0.39 is 0 Å². The first kappa shape index (κ1) is 29.9. The van der Waals surface area contributed by atoms with Crippen LogP contribution in [0.4, 0.5) is 4.39 Å². The Morgan fingerprint density at radius 3 is 1.39 bits per heavy atom. The molecule has 0 amide bonds. The van der Waals surface area contributed by atoms with Gasteiger partial charge in [0, 0.05) is 57.0 Å². The molecule has 0 atom stereocenters. The van der Waals surface area contributed by atoms with E-state index in [1.54, 1.807) is 12.1 Å².